The van der Waals surface area contributed by atoms with Crippen LogP contribution >= 0.6 is 0 Å². The van der Waals surface area contributed by atoms with Gasteiger partial charge in [-0.2, -0.15) is 0 Å². The van der Waals surface area contributed by atoms with E-state index in [-0.39, 0.29) is 18.8 Å². The lowest BCUT2D eigenvalue weighted by Gasteiger charge is -2.08. The van der Waals surface area contributed by atoms with E-state index in [2.05, 4.69) is 5.32 Å². The number of carbonyl (C=O) groups excluding carboxylic acids is 2. The molecule has 0 fully saturated rings. The van der Waals surface area contributed by atoms with Gasteiger partial charge in [0.1, 0.15) is 5.75 Å². The van der Waals surface area contributed by atoms with Crippen LogP contribution in [0.2, 0.25) is 0 Å². The SMILES string of the molecule is CCOC(=O)C(=CNc1cccc(OC)c1)C(=O)OCC. The van der Waals surface area contributed by atoms with Crippen molar-refractivity contribution in [1.29, 1.82) is 0 Å². The van der Waals surface area contributed by atoms with Gasteiger partial charge in [0, 0.05) is 18.0 Å². The topological polar surface area (TPSA) is 73.9 Å². The number of benzene rings is 1. The molecular weight excluding hydrogens is 274 g/mol. The highest BCUT2D eigenvalue weighted by atomic mass is 16.6. The van der Waals surface area contributed by atoms with E-state index in [1.54, 1.807) is 45.2 Å². The van der Waals surface area contributed by atoms with Crippen LogP contribution in [0.15, 0.2) is 36.0 Å². The first-order chi connectivity index (χ1) is 10.1. The van der Waals surface area contributed by atoms with E-state index in [9.17, 15) is 9.59 Å². The molecule has 0 aliphatic carbocycles. The van der Waals surface area contributed by atoms with Crippen molar-refractivity contribution < 1.29 is 23.8 Å². The van der Waals surface area contributed by atoms with Gasteiger partial charge in [-0.3, -0.25) is 0 Å². The first kappa shape index (κ1) is 16.6. The van der Waals surface area contributed by atoms with Gasteiger partial charge >= 0.3 is 11.9 Å². The van der Waals surface area contributed by atoms with Crippen molar-refractivity contribution in [2.75, 3.05) is 25.6 Å². The molecule has 0 bridgehead atoms. The Labute approximate surface area is 123 Å². The number of nitrogens with one attached hydrogen (secondary N) is 1. The van der Waals surface area contributed by atoms with Crippen LogP contribution in [0.3, 0.4) is 0 Å². The van der Waals surface area contributed by atoms with E-state index < -0.39 is 11.9 Å². The van der Waals surface area contributed by atoms with Crippen LogP contribution in [0.25, 0.3) is 0 Å². The molecule has 0 saturated heterocycles. The minimum atomic E-state index is -0.730. The quantitative estimate of drug-likeness (QED) is 0.359. The summed E-state index contributed by atoms with van der Waals surface area (Å²) in [6.45, 7) is 3.68. The second-order valence-electron chi connectivity index (χ2n) is 3.88. The molecular formula is C15H19NO5. The predicted molar refractivity (Wildman–Crippen MR) is 78.0 cm³/mol. The fourth-order valence-corrected chi connectivity index (χ4v) is 1.49. The molecule has 0 heterocycles. The van der Waals surface area contributed by atoms with Crippen molar-refractivity contribution in [2.45, 2.75) is 13.8 Å². The number of rotatable bonds is 7. The average molecular weight is 293 g/mol. The minimum absolute atomic E-state index is 0.175. The Morgan fingerprint density at radius 2 is 1.76 bits per heavy atom. The largest absolute Gasteiger partial charge is 0.497 e. The van der Waals surface area contributed by atoms with Crippen molar-refractivity contribution in [3.63, 3.8) is 0 Å². The Morgan fingerprint density at radius 1 is 1.14 bits per heavy atom. The fraction of sp³-hybridized carbons (Fsp3) is 0.333. The molecule has 0 atom stereocenters. The van der Waals surface area contributed by atoms with Gasteiger partial charge in [-0.05, 0) is 26.0 Å². The molecule has 0 saturated carbocycles. The molecule has 21 heavy (non-hydrogen) atoms. The molecule has 6 nitrogen and oxygen atoms in total. The molecule has 0 aromatic heterocycles. The Balaban J connectivity index is 2.90. The van der Waals surface area contributed by atoms with Gasteiger partial charge in [0.2, 0.25) is 0 Å². The van der Waals surface area contributed by atoms with E-state index in [0.717, 1.165) is 0 Å². The molecule has 1 aromatic carbocycles. The first-order valence-corrected chi connectivity index (χ1v) is 6.57. The standard InChI is InChI=1S/C15H19NO5/c1-4-20-14(17)13(15(18)21-5-2)10-16-11-7-6-8-12(9-11)19-3/h6-10,16H,4-5H2,1-3H3. The molecule has 1 aromatic rings. The summed E-state index contributed by atoms with van der Waals surface area (Å²) in [5.41, 5.74) is 0.474. The lowest BCUT2D eigenvalue weighted by atomic mass is 10.2. The van der Waals surface area contributed by atoms with Crippen LogP contribution in [-0.4, -0.2) is 32.3 Å². The summed E-state index contributed by atoms with van der Waals surface area (Å²) < 4.78 is 14.8. The lowest BCUT2D eigenvalue weighted by molar-refractivity contribution is -0.146. The van der Waals surface area contributed by atoms with E-state index in [4.69, 9.17) is 14.2 Å². The highest BCUT2D eigenvalue weighted by Crippen LogP contribution is 2.17. The number of hydrogen-bond acceptors (Lipinski definition) is 6. The van der Waals surface area contributed by atoms with Crippen LogP contribution in [0, 0.1) is 0 Å². The molecule has 0 aliphatic heterocycles. The number of ether oxygens (including phenoxy) is 3. The summed E-state index contributed by atoms with van der Waals surface area (Å²) in [7, 11) is 1.55. The first-order valence-electron chi connectivity index (χ1n) is 6.57. The number of anilines is 1. The summed E-state index contributed by atoms with van der Waals surface area (Å²) in [4.78, 5) is 23.5. The monoisotopic (exact) mass is 293 g/mol. The summed E-state index contributed by atoms with van der Waals surface area (Å²) >= 11 is 0. The zero-order chi connectivity index (χ0) is 15.7. The third-order valence-electron chi connectivity index (χ3n) is 2.44. The van der Waals surface area contributed by atoms with Crippen LogP contribution in [0.4, 0.5) is 5.69 Å². The van der Waals surface area contributed by atoms with Crippen LogP contribution < -0.4 is 10.1 Å². The second kappa shape index (κ2) is 8.63. The van der Waals surface area contributed by atoms with Crippen molar-refractivity contribution in [3.8, 4) is 5.75 Å². The number of methoxy groups -OCH3 is 1. The molecule has 1 rings (SSSR count). The zero-order valence-electron chi connectivity index (χ0n) is 12.3. The maximum absolute atomic E-state index is 11.7. The van der Waals surface area contributed by atoms with Crippen molar-refractivity contribution in [3.05, 3.63) is 36.0 Å². The molecule has 0 aliphatic rings. The maximum atomic E-state index is 11.7. The van der Waals surface area contributed by atoms with Gasteiger partial charge < -0.3 is 19.5 Å². The van der Waals surface area contributed by atoms with Gasteiger partial charge in [-0.1, -0.05) is 6.07 Å². The van der Waals surface area contributed by atoms with Gasteiger partial charge in [0.25, 0.3) is 0 Å². The van der Waals surface area contributed by atoms with E-state index in [1.165, 1.54) is 6.20 Å². The molecule has 0 radical (unpaired) electrons. The third kappa shape index (κ3) is 5.18. The van der Waals surface area contributed by atoms with Crippen molar-refractivity contribution >= 4 is 17.6 Å². The van der Waals surface area contributed by atoms with E-state index >= 15 is 0 Å². The van der Waals surface area contributed by atoms with Crippen LogP contribution in [0.1, 0.15) is 13.8 Å². The van der Waals surface area contributed by atoms with Crippen molar-refractivity contribution in [1.82, 2.24) is 0 Å². The van der Waals surface area contributed by atoms with Crippen LogP contribution in [0.5, 0.6) is 5.75 Å². The second-order valence-corrected chi connectivity index (χ2v) is 3.88. The normalized spacial score (nSPS) is 9.48. The average Bonchev–Trinajstić information content (AvgIpc) is 2.48. The number of carbonyl (C=O) groups is 2. The number of hydrogen-bond donors (Lipinski definition) is 1. The van der Waals surface area contributed by atoms with Gasteiger partial charge in [0.15, 0.2) is 5.57 Å². The minimum Gasteiger partial charge on any atom is -0.497 e. The van der Waals surface area contributed by atoms with E-state index in [0.29, 0.717) is 11.4 Å². The molecule has 1 N–H and O–H groups in total. The third-order valence-corrected chi connectivity index (χ3v) is 2.44. The highest BCUT2D eigenvalue weighted by Gasteiger charge is 2.20. The maximum Gasteiger partial charge on any atom is 0.347 e. The molecule has 0 amide bonds. The smallest absolute Gasteiger partial charge is 0.347 e. The van der Waals surface area contributed by atoms with Gasteiger partial charge in [-0.15, -0.1) is 0 Å². The highest BCUT2D eigenvalue weighted by molar-refractivity contribution is 6.14. The summed E-state index contributed by atoms with van der Waals surface area (Å²) in [5.74, 6) is -0.806. The summed E-state index contributed by atoms with van der Waals surface area (Å²) in [6, 6.07) is 7.06. The molecule has 6 heteroatoms. The molecule has 114 valence electrons. The Hall–Kier alpha value is -2.50. The van der Waals surface area contributed by atoms with Crippen molar-refractivity contribution in [2.24, 2.45) is 0 Å². The fourth-order valence-electron chi connectivity index (χ4n) is 1.49. The predicted octanol–water partition coefficient (Wildman–Crippen LogP) is 2.12. The van der Waals surface area contributed by atoms with Gasteiger partial charge in [0.05, 0.1) is 20.3 Å². The molecule has 0 spiro atoms. The Kier molecular flexibility index (Phi) is 6.80. The molecule has 0 unspecified atom stereocenters. The number of esters is 2. The summed E-state index contributed by atoms with van der Waals surface area (Å²) in [5, 5.41) is 2.85. The lowest BCUT2D eigenvalue weighted by Crippen LogP contribution is -2.19. The van der Waals surface area contributed by atoms with Gasteiger partial charge in [-0.25, -0.2) is 9.59 Å². The Morgan fingerprint density at radius 3 is 2.29 bits per heavy atom. The Bertz CT molecular complexity index is 505. The van der Waals surface area contributed by atoms with E-state index in [1.807, 2.05) is 0 Å². The zero-order valence-corrected chi connectivity index (χ0v) is 12.3. The van der Waals surface area contributed by atoms with Crippen LogP contribution in [-0.2, 0) is 19.1 Å². The summed E-state index contributed by atoms with van der Waals surface area (Å²) in [6.07, 6.45) is 1.27.